The number of nitrogen functional groups attached to an aromatic ring is 1. The zero-order valence-electron chi connectivity index (χ0n) is 10.5. The van der Waals surface area contributed by atoms with E-state index in [1.807, 2.05) is 0 Å². The summed E-state index contributed by atoms with van der Waals surface area (Å²) in [6.07, 6.45) is -0.00196. The van der Waals surface area contributed by atoms with Crippen LogP contribution in [0.1, 0.15) is 16.1 Å². The maximum absolute atomic E-state index is 12.2. The number of anilines is 1. The number of ether oxygens (including phenoxy) is 2. The number of hydrogen-bond acceptors (Lipinski definition) is 7. The summed E-state index contributed by atoms with van der Waals surface area (Å²) in [5.74, 6) is 0.957. The maximum atomic E-state index is 12.2. The fraction of sp³-hybridized carbons (Fsp3) is 0.250. The maximum Gasteiger partial charge on any atom is 0.191 e. The van der Waals surface area contributed by atoms with Gasteiger partial charge in [0.1, 0.15) is 17.2 Å². The van der Waals surface area contributed by atoms with Crippen molar-refractivity contribution in [3.63, 3.8) is 0 Å². The minimum Gasteiger partial charge on any atom is -0.497 e. The van der Waals surface area contributed by atoms with Crippen molar-refractivity contribution in [3.8, 4) is 11.5 Å². The van der Waals surface area contributed by atoms with Gasteiger partial charge >= 0.3 is 0 Å². The molecular weight excluding hydrogens is 250 g/mol. The minimum atomic E-state index is -0.193. The molecule has 0 fully saturated rings. The van der Waals surface area contributed by atoms with Gasteiger partial charge in [0.05, 0.1) is 26.2 Å². The zero-order chi connectivity index (χ0) is 13.8. The van der Waals surface area contributed by atoms with Gasteiger partial charge in [-0.1, -0.05) is 5.16 Å². The number of carbonyl (C=O) groups is 1. The summed E-state index contributed by atoms with van der Waals surface area (Å²) < 4.78 is 14.7. The Balaban J connectivity index is 2.26. The van der Waals surface area contributed by atoms with Gasteiger partial charge in [-0.2, -0.15) is 0 Å². The average molecular weight is 263 g/mol. The third-order valence-electron chi connectivity index (χ3n) is 2.62. The van der Waals surface area contributed by atoms with E-state index in [2.05, 4.69) is 14.9 Å². The molecule has 0 atom stereocenters. The highest BCUT2D eigenvalue weighted by Crippen LogP contribution is 2.26. The Kier molecular flexibility index (Phi) is 3.65. The Labute approximate surface area is 109 Å². The highest BCUT2D eigenvalue weighted by atomic mass is 16.6. The summed E-state index contributed by atoms with van der Waals surface area (Å²) in [5, 5.41) is 6.99. The van der Waals surface area contributed by atoms with E-state index in [9.17, 15) is 4.79 Å². The van der Waals surface area contributed by atoms with E-state index in [0.29, 0.717) is 22.8 Å². The highest BCUT2D eigenvalue weighted by molar-refractivity contribution is 6.00. The topological polar surface area (TPSA) is 100 Å². The molecule has 0 saturated carbocycles. The summed E-state index contributed by atoms with van der Waals surface area (Å²) in [7, 11) is 3.02. The molecule has 1 heterocycles. The Bertz CT molecular complexity index is 594. The largest absolute Gasteiger partial charge is 0.497 e. The molecule has 1 aromatic heterocycles. The number of ketones is 1. The van der Waals surface area contributed by atoms with E-state index in [1.165, 1.54) is 14.2 Å². The van der Waals surface area contributed by atoms with Crippen LogP contribution in [-0.4, -0.2) is 30.3 Å². The number of aromatic nitrogens is 2. The second-order valence-electron chi connectivity index (χ2n) is 3.76. The first-order valence-corrected chi connectivity index (χ1v) is 5.48. The Morgan fingerprint density at radius 2 is 2.11 bits per heavy atom. The van der Waals surface area contributed by atoms with Gasteiger partial charge in [0, 0.05) is 6.07 Å². The summed E-state index contributed by atoms with van der Waals surface area (Å²) in [5.41, 5.74) is 6.24. The molecule has 0 aliphatic heterocycles. The number of Topliss-reactive ketones (excluding diaryl/α,β-unsaturated/α-hetero) is 1. The number of hydrogen-bond donors (Lipinski definition) is 1. The van der Waals surface area contributed by atoms with Crippen LogP contribution in [0.15, 0.2) is 22.8 Å². The molecule has 0 spiro atoms. The monoisotopic (exact) mass is 263 g/mol. The number of carbonyl (C=O) groups excluding carboxylic acids is 1. The number of nitrogens with zero attached hydrogens (tertiary/aromatic N) is 2. The lowest BCUT2D eigenvalue weighted by Crippen LogP contribution is -2.07. The van der Waals surface area contributed by atoms with Gasteiger partial charge < -0.3 is 15.2 Å². The van der Waals surface area contributed by atoms with Gasteiger partial charge in [0.15, 0.2) is 11.6 Å². The second-order valence-corrected chi connectivity index (χ2v) is 3.76. The molecule has 0 unspecified atom stereocenters. The van der Waals surface area contributed by atoms with Gasteiger partial charge in [-0.05, 0) is 17.3 Å². The molecule has 0 aliphatic carbocycles. The fourth-order valence-electron chi connectivity index (χ4n) is 1.61. The molecule has 7 nitrogen and oxygen atoms in total. The summed E-state index contributed by atoms with van der Waals surface area (Å²) in [6, 6.07) is 4.95. The van der Waals surface area contributed by atoms with Crippen molar-refractivity contribution < 1.29 is 18.9 Å². The van der Waals surface area contributed by atoms with Crippen LogP contribution in [-0.2, 0) is 6.42 Å². The van der Waals surface area contributed by atoms with Crippen molar-refractivity contribution in [2.24, 2.45) is 0 Å². The second kappa shape index (κ2) is 5.38. The van der Waals surface area contributed by atoms with E-state index in [1.54, 1.807) is 18.2 Å². The van der Waals surface area contributed by atoms with Crippen LogP contribution >= 0.6 is 0 Å². The molecular formula is C12H13N3O4. The van der Waals surface area contributed by atoms with Gasteiger partial charge in [0.25, 0.3) is 0 Å². The molecule has 0 radical (unpaired) electrons. The van der Waals surface area contributed by atoms with Crippen molar-refractivity contribution >= 4 is 11.6 Å². The predicted octanol–water partition coefficient (Wildman–Crippen LogP) is 1.09. The van der Waals surface area contributed by atoms with E-state index in [-0.39, 0.29) is 18.0 Å². The van der Waals surface area contributed by atoms with Crippen LogP contribution in [0.2, 0.25) is 0 Å². The minimum absolute atomic E-state index is 0.00196. The summed E-state index contributed by atoms with van der Waals surface area (Å²) >= 11 is 0. The lowest BCUT2D eigenvalue weighted by molar-refractivity contribution is 0.0987. The lowest BCUT2D eigenvalue weighted by Gasteiger charge is -2.08. The molecule has 2 N–H and O–H groups in total. The van der Waals surface area contributed by atoms with Gasteiger partial charge in [-0.25, -0.2) is 4.63 Å². The first-order chi connectivity index (χ1) is 9.15. The zero-order valence-corrected chi connectivity index (χ0v) is 10.5. The number of rotatable bonds is 5. The SMILES string of the molecule is COc1ccc(C(=O)Cc2nonc2N)c(OC)c1. The fourth-order valence-corrected chi connectivity index (χ4v) is 1.61. The summed E-state index contributed by atoms with van der Waals surface area (Å²) in [4.78, 5) is 12.2. The molecule has 7 heteroatoms. The van der Waals surface area contributed by atoms with E-state index < -0.39 is 0 Å². The Hall–Kier alpha value is -2.57. The van der Waals surface area contributed by atoms with Crippen LogP contribution in [0.4, 0.5) is 5.82 Å². The molecule has 0 aliphatic rings. The smallest absolute Gasteiger partial charge is 0.191 e. The molecule has 2 rings (SSSR count). The van der Waals surface area contributed by atoms with Gasteiger partial charge in [-0.3, -0.25) is 4.79 Å². The van der Waals surface area contributed by atoms with Crippen molar-refractivity contribution in [3.05, 3.63) is 29.5 Å². The normalized spacial score (nSPS) is 10.2. The van der Waals surface area contributed by atoms with Crippen LogP contribution < -0.4 is 15.2 Å². The van der Waals surface area contributed by atoms with Crippen LogP contribution in [0.5, 0.6) is 11.5 Å². The molecule has 2 aromatic rings. The van der Waals surface area contributed by atoms with Crippen molar-refractivity contribution in [1.29, 1.82) is 0 Å². The van der Waals surface area contributed by atoms with Crippen molar-refractivity contribution in [2.75, 3.05) is 20.0 Å². The molecule has 0 saturated heterocycles. The number of benzene rings is 1. The van der Waals surface area contributed by atoms with Crippen molar-refractivity contribution in [2.45, 2.75) is 6.42 Å². The van der Waals surface area contributed by atoms with Gasteiger partial charge in [0.2, 0.25) is 0 Å². The summed E-state index contributed by atoms with van der Waals surface area (Å²) in [6.45, 7) is 0. The third-order valence-corrected chi connectivity index (χ3v) is 2.62. The van der Waals surface area contributed by atoms with Crippen molar-refractivity contribution in [1.82, 2.24) is 10.3 Å². The average Bonchev–Trinajstić information content (AvgIpc) is 2.83. The quantitative estimate of drug-likeness (QED) is 0.806. The molecule has 19 heavy (non-hydrogen) atoms. The molecule has 1 aromatic carbocycles. The van der Waals surface area contributed by atoms with Crippen LogP contribution in [0, 0.1) is 0 Å². The first kappa shape index (κ1) is 12.9. The molecule has 0 amide bonds. The number of nitrogens with two attached hydrogens (primary N) is 1. The first-order valence-electron chi connectivity index (χ1n) is 5.48. The Morgan fingerprint density at radius 1 is 1.32 bits per heavy atom. The van der Waals surface area contributed by atoms with E-state index in [4.69, 9.17) is 15.2 Å². The molecule has 100 valence electrons. The number of methoxy groups -OCH3 is 2. The molecule has 0 bridgehead atoms. The van der Waals surface area contributed by atoms with Crippen LogP contribution in [0.3, 0.4) is 0 Å². The van der Waals surface area contributed by atoms with E-state index >= 15 is 0 Å². The van der Waals surface area contributed by atoms with Gasteiger partial charge in [-0.15, -0.1) is 0 Å². The lowest BCUT2D eigenvalue weighted by atomic mass is 10.1. The standard InChI is InChI=1S/C12H13N3O4/c1-17-7-3-4-8(11(5-7)18-2)10(16)6-9-12(13)15-19-14-9/h3-5H,6H2,1-2H3,(H2,13,15). The van der Waals surface area contributed by atoms with E-state index in [0.717, 1.165) is 0 Å². The Morgan fingerprint density at radius 3 is 2.68 bits per heavy atom. The third kappa shape index (κ3) is 2.65. The highest BCUT2D eigenvalue weighted by Gasteiger charge is 2.17. The predicted molar refractivity (Wildman–Crippen MR) is 66.3 cm³/mol. The van der Waals surface area contributed by atoms with Crippen LogP contribution in [0.25, 0.3) is 0 Å².